The Balaban J connectivity index is 1.57. The number of sulfonamides is 1. The number of non-ortho nitro benzene ring substituents is 1. The summed E-state index contributed by atoms with van der Waals surface area (Å²) in [5.74, 6) is -0.951. The van der Waals surface area contributed by atoms with E-state index in [-0.39, 0.29) is 41.2 Å². The van der Waals surface area contributed by atoms with Crippen LogP contribution < -0.4 is 9.62 Å². The molecule has 48 heavy (non-hydrogen) atoms. The molecule has 4 aromatic carbocycles. The molecule has 1 N–H and O–H groups in total. The molecule has 0 radical (unpaired) electrons. The minimum atomic E-state index is -4.37. The maximum absolute atomic E-state index is 14.6. The van der Waals surface area contributed by atoms with Gasteiger partial charge in [0.1, 0.15) is 12.6 Å². The molecule has 2 amide bonds. The highest BCUT2D eigenvalue weighted by atomic mass is 79.9. The van der Waals surface area contributed by atoms with Crippen LogP contribution in [0.1, 0.15) is 43.2 Å². The van der Waals surface area contributed by atoms with Gasteiger partial charge in [-0.05, 0) is 54.3 Å². The van der Waals surface area contributed by atoms with Crippen LogP contribution in [0, 0.1) is 10.1 Å². The van der Waals surface area contributed by atoms with Crippen molar-refractivity contribution in [3.05, 3.63) is 135 Å². The molecule has 1 saturated carbocycles. The highest BCUT2D eigenvalue weighted by Gasteiger charge is 2.35. The van der Waals surface area contributed by atoms with Gasteiger partial charge in [-0.3, -0.25) is 24.0 Å². The van der Waals surface area contributed by atoms with Gasteiger partial charge in [0.25, 0.3) is 15.7 Å². The molecule has 0 aromatic heterocycles. The van der Waals surface area contributed by atoms with Gasteiger partial charge in [0.05, 0.1) is 15.5 Å². The van der Waals surface area contributed by atoms with Crippen molar-refractivity contribution in [3.8, 4) is 0 Å². The van der Waals surface area contributed by atoms with E-state index in [1.165, 1.54) is 35.2 Å². The van der Waals surface area contributed by atoms with Gasteiger partial charge in [-0.15, -0.1) is 0 Å². The van der Waals surface area contributed by atoms with Gasteiger partial charge < -0.3 is 10.2 Å². The number of carbonyl (C=O) groups excluding carboxylic acids is 2. The van der Waals surface area contributed by atoms with Gasteiger partial charge in [-0.1, -0.05) is 102 Å². The van der Waals surface area contributed by atoms with E-state index in [1.54, 1.807) is 18.2 Å². The molecule has 12 heteroatoms. The Morgan fingerprint density at radius 1 is 0.854 bits per heavy atom. The molecule has 0 heterocycles. The van der Waals surface area contributed by atoms with Crippen LogP contribution in [0.5, 0.6) is 0 Å². The second-order valence-corrected chi connectivity index (χ2v) is 14.6. The van der Waals surface area contributed by atoms with Gasteiger partial charge in [-0.2, -0.15) is 0 Å². The minimum absolute atomic E-state index is 0.0195. The zero-order valence-corrected chi connectivity index (χ0v) is 28.7. The molecule has 0 aliphatic heterocycles. The average molecular weight is 734 g/mol. The number of rotatable bonds is 13. The van der Waals surface area contributed by atoms with Crippen LogP contribution >= 0.6 is 15.9 Å². The molecule has 1 atom stereocenters. The van der Waals surface area contributed by atoms with Crippen LogP contribution in [0.2, 0.25) is 0 Å². The Kier molecular flexibility index (Phi) is 11.6. The maximum Gasteiger partial charge on any atom is 0.271 e. The fraction of sp³-hybridized carbons (Fsp3) is 0.278. The fourth-order valence-electron chi connectivity index (χ4n) is 5.89. The molecule has 1 aliphatic carbocycles. The number of amides is 2. The van der Waals surface area contributed by atoms with Gasteiger partial charge >= 0.3 is 0 Å². The first-order chi connectivity index (χ1) is 23.1. The highest BCUT2D eigenvalue weighted by molar-refractivity contribution is 9.10. The summed E-state index contributed by atoms with van der Waals surface area (Å²) in [6, 6.07) is 28.5. The Hall–Kier alpha value is -4.55. The van der Waals surface area contributed by atoms with E-state index in [4.69, 9.17) is 0 Å². The van der Waals surface area contributed by atoms with Crippen molar-refractivity contribution < 1.29 is 22.9 Å². The second-order valence-electron chi connectivity index (χ2n) is 11.8. The number of nitro benzene ring substituents is 1. The molecule has 250 valence electrons. The van der Waals surface area contributed by atoms with Crippen LogP contribution in [0.3, 0.4) is 0 Å². The summed E-state index contributed by atoms with van der Waals surface area (Å²) in [6.45, 7) is -0.674. The number of benzene rings is 4. The van der Waals surface area contributed by atoms with Crippen LogP contribution in [0.25, 0.3) is 0 Å². The first kappa shape index (κ1) is 34.8. The summed E-state index contributed by atoms with van der Waals surface area (Å²) in [6.07, 6.45) is 5.01. The van der Waals surface area contributed by atoms with Gasteiger partial charge in [-0.25, -0.2) is 8.42 Å². The Morgan fingerprint density at radius 3 is 2.15 bits per heavy atom. The van der Waals surface area contributed by atoms with Crippen molar-refractivity contribution in [2.24, 2.45) is 0 Å². The third-order valence-corrected chi connectivity index (χ3v) is 10.7. The lowest BCUT2D eigenvalue weighted by Gasteiger charge is -2.35. The van der Waals surface area contributed by atoms with E-state index >= 15 is 0 Å². The molecule has 0 unspecified atom stereocenters. The van der Waals surface area contributed by atoms with E-state index in [2.05, 4.69) is 21.2 Å². The zero-order chi connectivity index (χ0) is 34.1. The molecular formula is C36H37BrN4O6S. The highest BCUT2D eigenvalue weighted by Crippen LogP contribution is 2.28. The molecule has 1 aliphatic rings. The van der Waals surface area contributed by atoms with Gasteiger partial charge in [0, 0.05) is 35.6 Å². The summed E-state index contributed by atoms with van der Waals surface area (Å²) in [7, 11) is -4.37. The Bertz CT molecular complexity index is 1820. The third-order valence-electron chi connectivity index (χ3n) is 8.43. The normalized spacial score (nSPS) is 14.1. The summed E-state index contributed by atoms with van der Waals surface area (Å²) in [5.41, 5.74) is 1.20. The van der Waals surface area contributed by atoms with Crippen molar-refractivity contribution in [3.63, 3.8) is 0 Å². The fourth-order valence-corrected chi connectivity index (χ4v) is 7.59. The topological polar surface area (TPSA) is 130 Å². The SMILES string of the molecule is O=C(NC1CCCCC1)[C@@H](Cc1ccccc1)N(Cc1ccc(Br)cc1)C(=O)CN(c1cccc([N+](=O)[O-])c1)S(=O)(=O)c1ccccc1. The number of carbonyl (C=O) groups is 2. The zero-order valence-electron chi connectivity index (χ0n) is 26.3. The summed E-state index contributed by atoms with van der Waals surface area (Å²) in [5, 5.41) is 14.9. The summed E-state index contributed by atoms with van der Waals surface area (Å²) in [4.78, 5) is 41.2. The Morgan fingerprint density at radius 2 is 1.50 bits per heavy atom. The number of anilines is 1. The van der Waals surface area contributed by atoms with Crippen LogP contribution in [-0.4, -0.2) is 48.7 Å². The third kappa shape index (κ3) is 8.87. The van der Waals surface area contributed by atoms with Crippen molar-refractivity contribution in [2.45, 2.75) is 62.0 Å². The van der Waals surface area contributed by atoms with E-state index in [0.29, 0.717) is 0 Å². The Labute approximate surface area is 289 Å². The molecule has 4 aromatic rings. The number of nitrogens with one attached hydrogen (secondary N) is 1. The first-order valence-corrected chi connectivity index (χ1v) is 18.1. The summed E-state index contributed by atoms with van der Waals surface area (Å²) < 4.78 is 30.0. The largest absolute Gasteiger partial charge is 0.352 e. The van der Waals surface area contributed by atoms with Crippen LogP contribution in [0.4, 0.5) is 11.4 Å². The average Bonchev–Trinajstić information content (AvgIpc) is 3.10. The van der Waals surface area contributed by atoms with Crippen LogP contribution in [0.15, 0.2) is 119 Å². The van der Waals surface area contributed by atoms with E-state index in [0.717, 1.165) is 58.1 Å². The van der Waals surface area contributed by atoms with Crippen molar-refractivity contribution in [1.82, 2.24) is 10.2 Å². The van der Waals surface area contributed by atoms with Crippen molar-refractivity contribution in [2.75, 3.05) is 10.8 Å². The number of halogens is 1. The monoisotopic (exact) mass is 732 g/mol. The smallest absolute Gasteiger partial charge is 0.271 e. The molecule has 0 bridgehead atoms. The predicted octanol–water partition coefficient (Wildman–Crippen LogP) is 6.64. The molecule has 10 nitrogen and oxygen atoms in total. The van der Waals surface area contributed by atoms with E-state index in [9.17, 15) is 28.1 Å². The molecule has 1 fully saturated rings. The van der Waals surface area contributed by atoms with Crippen molar-refractivity contribution >= 4 is 49.1 Å². The number of nitro groups is 1. The molecule has 5 rings (SSSR count). The number of hydrogen-bond donors (Lipinski definition) is 1. The first-order valence-electron chi connectivity index (χ1n) is 15.8. The maximum atomic E-state index is 14.6. The van der Waals surface area contributed by atoms with Crippen molar-refractivity contribution in [1.29, 1.82) is 0 Å². The quantitative estimate of drug-likeness (QED) is 0.121. The lowest BCUT2D eigenvalue weighted by Crippen LogP contribution is -2.55. The standard InChI is InChI=1S/C36H37BrN4O6S/c37-29-21-19-28(20-22-29)25-39(34(23-27-11-4-1-5-12-27)36(43)38-30-13-6-2-7-14-30)35(42)26-40(31-15-10-16-32(24-31)41(44)45)48(46,47)33-17-8-3-9-18-33/h1,3-5,8-12,15-22,24,30,34H,2,6-7,13-14,23,25-26H2,(H,38,43)/t34-/m1/s1. The molecular weight excluding hydrogens is 696 g/mol. The molecule has 0 saturated heterocycles. The lowest BCUT2D eigenvalue weighted by atomic mass is 9.94. The number of nitrogens with zero attached hydrogens (tertiary/aromatic N) is 3. The second kappa shape index (κ2) is 16.0. The van der Waals surface area contributed by atoms with Gasteiger partial charge in [0.15, 0.2) is 0 Å². The molecule has 0 spiro atoms. The van der Waals surface area contributed by atoms with Gasteiger partial charge in [0.2, 0.25) is 11.8 Å². The van der Waals surface area contributed by atoms with E-state index < -0.39 is 33.4 Å². The summed E-state index contributed by atoms with van der Waals surface area (Å²) >= 11 is 3.44. The predicted molar refractivity (Wildman–Crippen MR) is 188 cm³/mol. The van der Waals surface area contributed by atoms with Crippen LogP contribution in [-0.2, 0) is 32.6 Å². The lowest BCUT2D eigenvalue weighted by molar-refractivity contribution is -0.384. The minimum Gasteiger partial charge on any atom is -0.352 e. The number of hydrogen-bond acceptors (Lipinski definition) is 6. The van der Waals surface area contributed by atoms with E-state index in [1.807, 2.05) is 54.6 Å².